The first kappa shape index (κ1) is 15.4. The molecule has 0 radical (unpaired) electrons. The van der Waals surface area contributed by atoms with Crippen molar-refractivity contribution in [2.24, 2.45) is 0 Å². The maximum atomic E-state index is 12.6. The summed E-state index contributed by atoms with van der Waals surface area (Å²) >= 11 is 0. The van der Waals surface area contributed by atoms with Crippen molar-refractivity contribution in [2.75, 3.05) is 13.1 Å². The molecule has 3 aromatic rings. The predicted molar refractivity (Wildman–Crippen MR) is 91.4 cm³/mol. The Morgan fingerprint density at radius 2 is 1.92 bits per heavy atom. The van der Waals surface area contributed by atoms with Crippen molar-refractivity contribution >= 4 is 16.7 Å². The van der Waals surface area contributed by atoms with Gasteiger partial charge < -0.3 is 10.00 Å². The van der Waals surface area contributed by atoms with E-state index in [-0.39, 0.29) is 23.6 Å². The third-order valence-corrected chi connectivity index (χ3v) is 4.63. The molecule has 0 atom stereocenters. The summed E-state index contributed by atoms with van der Waals surface area (Å²) in [5, 5.41) is 10.8. The van der Waals surface area contributed by atoms with E-state index in [0.29, 0.717) is 36.9 Å². The number of H-pyrrole nitrogens is 2. The molecule has 1 aliphatic heterocycles. The van der Waals surface area contributed by atoms with Gasteiger partial charge in [-0.3, -0.25) is 19.5 Å². The van der Waals surface area contributed by atoms with E-state index >= 15 is 0 Å². The number of fused-ring (bicyclic) bond motifs is 2. The Hall–Kier alpha value is -3.16. The van der Waals surface area contributed by atoms with Gasteiger partial charge in [0.1, 0.15) is 6.54 Å². The highest BCUT2D eigenvalue weighted by atomic mass is 16.2. The normalized spacial score (nSPS) is 14.3. The second-order valence-electron chi connectivity index (χ2n) is 6.11. The zero-order valence-electron chi connectivity index (χ0n) is 13.5. The fraction of sp³-hybridized carbons (Fsp3) is 0.294. The van der Waals surface area contributed by atoms with Crippen molar-refractivity contribution in [3.63, 3.8) is 0 Å². The lowest BCUT2D eigenvalue weighted by molar-refractivity contribution is -0.132. The van der Waals surface area contributed by atoms with Crippen LogP contribution in [0.2, 0.25) is 0 Å². The van der Waals surface area contributed by atoms with Crippen LogP contribution in [0.1, 0.15) is 11.3 Å². The lowest BCUT2D eigenvalue weighted by Crippen LogP contribution is -2.39. The van der Waals surface area contributed by atoms with Gasteiger partial charge in [-0.2, -0.15) is 5.10 Å². The van der Waals surface area contributed by atoms with E-state index in [2.05, 4.69) is 15.3 Å². The fourth-order valence-electron chi connectivity index (χ4n) is 3.22. The van der Waals surface area contributed by atoms with Gasteiger partial charge in [-0.05, 0) is 12.5 Å². The Bertz CT molecular complexity index is 1060. The topological polar surface area (TPSA) is 104 Å². The summed E-state index contributed by atoms with van der Waals surface area (Å²) in [4.78, 5) is 38.5. The van der Waals surface area contributed by atoms with E-state index < -0.39 is 0 Å². The van der Waals surface area contributed by atoms with Gasteiger partial charge >= 0.3 is 0 Å². The smallest absolute Gasteiger partial charge is 0.275 e. The standard InChI is InChI=1S/C17H17N5O3/c23-15(21-7-5-13-14(6-8-21)19-20-16(13)24)10-22-17(25)12-4-2-1-3-11(12)9-18-22/h1-4,9H,5-8,10H2,(H2,19,20,24). The number of benzene rings is 1. The lowest BCUT2D eigenvalue weighted by Gasteiger charge is -2.20. The number of carbonyl (C=O) groups excluding carboxylic acids is 1. The summed E-state index contributed by atoms with van der Waals surface area (Å²) in [5.41, 5.74) is 1.15. The summed E-state index contributed by atoms with van der Waals surface area (Å²) in [5.74, 6) is -0.175. The first-order valence-electron chi connectivity index (χ1n) is 8.14. The number of nitrogens with zero attached hydrogens (tertiary/aromatic N) is 3. The van der Waals surface area contributed by atoms with Crippen LogP contribution in [0.3, 0.4) is 0 Å². The molecule has 1 amide bonds. The van der Waals surface area contributed by atoms with Crippen LogP contribution >= 0.6 is 0 Å². The second-order valence-corrected chi connectivity index (χ2v) is 6.11. The van der Waals surface area contributed by atoms with Crippen LogP contribution < -0.4 is 11.1 Å². The van der Waals surface area contributed by atoms with Crippen molar-refractivity contribution in [2.45, 2.75) is 19.4 Å². The second kappa shape index (κ2) is 6.04. The Kier molecular flexibility index (Phi) is 3.72. The first-order chi connectivity index (χ1) is 12.1. The monoisotopic (exact) mass is 339 g/mol. The van der Waals surface area contributed by atoms with Crippen molar-refractivity contribution in [3.05, 3.63) is 62.4 Å². The number of hydrogen-bond acceptors (Lipinski definition) is 4. The third-order valence-electron chi connectivity index (χ3n) is 4.63. The Balaban J connectivity index is 1.54. The number of hydrogen-bond donors (Lipinski definition) is 2. The minimum atomic E-state index is -0.275. The van der Waals surface area contributed by atoms with Gasteiger partial charge in [0.15, 0.2) is 0 Å². The van der Waals surface area contributed by atoms with E-state index in [9.17, 15) is 14.4 Å². The molecular weight excluding hydrogens is 322 g/mol. The number of nitrogens with one attached hydrogen (secondary N) is 2. The Morgan fingerprint density at radius 1 is 1.12 bits per heavy atom. The third kappa shape index (κ3) is 2.75. The molecule has 0 spiro atoms. The largest absolute Gasteiger partial charge is 0.340 e. The maximum absolute atomic E-state index is 12.6. The van der Waals surface area contributed by atoms with Crippen LogP contribution in [-0.2, 0) is 24.2 Å². The molecule has 2 N–H and O–H groups in total. The molecule has 8 nitrogen and oxygen atoms in total. The van der Waals surface area contributed by atoms with Gasteiger partial charge in [-0.1, -0.05) is 18.2 Å². The van der Waals surface area contributed by atoms with Crippen molar-refractivity contribution in [1.29, 1.82) is 0 Å². The molecule has 1 aliphatic rings. The SMILES string of the molecule is O=C(Cn1ncc2ccccc2c1=O)N1CCc2[nH][nH]c(=O)c2CC1. The summed E-state index contributed by atoms with van der Waals surface area (Å²) in [7, 11) is 0. The summed E-state index contributed by atoms with van der Waals surface area (Å²) in [6.45, 7) is 0.852. The van der Waals surface area contributed by atoms with E-state index in [4.69, 9.17) is 0 Å². The molecule has 1 aromatic carbocycles. The van der Waals surface area contributed by atoms with Crippen molar-refractivity contribution < 1.29 is 4.79 Å². The summed E-state index contributed by atoms with van der Waals surface area (Å²) in [6.07, 6.45) is 2.68. The first-order valence-corrected chi connectivity index (χ1v) is 8.14. The quantitative estimate of drug-likeness (QED) is 0.688. The van der Waals surface area contributed by atoms with Gasteiger partial charge in [-0.15, -0.1) is 0 Å². The molecule has 128 valence electrons. The highest BCUT2D eigenvalue weighted by molar-refractivity contribution is 5.81. The Labute approximate surface area is 142 Å². The Morgan fingerprint density at radius 3 is 2.80 bits per heavy atom. The molecule has 4 rings (SSSR count). The molecule has 0 saturated carbocycles. The van der Waals surface area contributed by atoms with Crippen molar-refractivity contribution in [3.8, 4) is 0 Å². The van der Waals surface area contributed by atoms with E-state index in [0.717, 1.165) is 11.1 Å². The highest BCUT2D eigenvalue weighted by Gasteiger charge is 2.22. The molecule has 0 unspecified atom stereocenters. The van der Waals surface area contributed by atoms with Gasteiger partial charge in [0, 0.05) is 36.2 Å². The summed E-state index contributed by atoms with van der Waals surface area (Å²) < 4.78 is 1.20. The minimum absolute atomic E-state index is 0.103. The van der Waals surface area contributed by atoms with E-state index in [1.807, 2.05) is 12.1 Å². The molecule has 0 fully saturated rings. The van der Waals surface area contributed by atoms with Crippen LogP contribution in [0.4, 0.5) is 0 Å². The minimum Gasteiger partial charge on any atom is -0.340 e. The maximum Gasteiger partial charge on any atom is 0.275 e. The number of carbonyl (C=O) groups is 1. The lowest BCUT2D eigenvalue weighted by atomic mass is 10.2. The number of aromatic nitrogens is 4. The van der Waals surface area contributed by atoms with Crippen LogP contribution in [0.25, 0.3) is 10.8 Å². The van der Waals surface area contributed by atoms with Crippen LogP contribution in [0.5, 0.6) is 0 Å². The van der Waals surface area contributed by atoms with Gasteiger partial charge in [-0.25, -0.2) is 4.68 Å². The van der Waals surface area contributed by atoms with Gasteiger partial charge in [0.25, 0.3) is 11.1 Å². The average molecular weight is 339 g/mol. The molecule has 0 bridgehead atoms. The molecular formula is C17H17N5O3. The summed E-state index contributed by atoms with van der Waals surface area (Å²) in [6, 6.07) is 7.17. The molecule has 2 aromatic heterocycles. The zero-order valence-corrected chi connectivity index (χ0v) is 13.5. The van der Waals surface area contributed by atoms with Crippen LogP contribution in [-0.4, -0.2) is 43.9 Å². The van der Waals surface area contributed by atoms with Crippen LogP contribution in [0, 0.1) is 0 Å². The molecule has 0 aliphatic carbocycles. The number of amides is 1. The fourth-order valence-corrected chi connectivity index (χ4v) is 3.22. The molecule has 8 heteroatoms. The number of rotatable bonds is 2. The van der Waals surface area contributed by atoms with Crippen molar-refractivity contribution in [1.82, 2.24) is 24.9 Å². The highest BCUT2D eigenvalue weighted by Crippen LogP contribution is 2.11. The number of aromatic amines is 2. The molecule has 25 heavy (non-hydrogen) atoms. The van der Waals surface area contributed by atoms with Crippen LogP contribution in [0.15, 0.2) is 40.1 Å². The molecule has 3 heterocycles. The van der Waals surface area contributed by atoms with E-state index in [1.165, 1.54) is 4.68 Å². The predicted octanol–water partition coefficient (Wildman–Crippen LogP) is 0.0403. The van der Waals surface area contributed by atoms with Gasteiger partial charge in [0.05, 0.1) is 11.6 Å². The molecule has 0 saturated heterocycles. The average Bonchev–Trinajstić information content (AvgIpc) is 2.84. The van der Waals surface area contributed by atoms with E-state index in [1.54, 1.807) is 23.2 Å². The van der Waals surface area contributed by atoms with Gasteiger partial charge in [0.2, 0.25) is 5.91 Å². The zero-order chi connectivity index (χ0) is 17.4.